The molecule has 0 fully saturated rings. The molecule has 1 aliphatic heterocycles. The number of carbonyl (C=O) groups is 3. The number of hydrogen-bond donors (Lipinski definition) is 2. The van der Waals surface area contributed by atoms with E-state index in [9.17, 15) is 22.8 Å². The summed E-state index contributed by atoms with van der Waals surface area (Å²) in [5.74, 6) is -1.65. The number of nitrogens with zero attached hydrogens (tertiary/aromatic N) is 1. The van der Waals surface area contributed by atoms with E-state index in [0.717, 1.165) is 16.1 Å². The van der Waals surface area contributed by atoms with E-state index < -0.39 is 33.8 Å². The predicted octanol–water partition coefficient (Wildman–Crippen LogP) is 0.787. The third kappa shape index (κ3) is 3.96. The van der Waals surface area contributed by atoms with E-state index in [0.29, 0.717) is 5.75 Å². The molecular formula is C15H18N2O6S2. The molecule has 1 aliphatic rings. The molecule has 1 heterocycles. The van der Waals surface area contributed by atoms with E-state index >= 15 is 0 Å². The van der Waals surface area contributed by atoms with Crippen LogP contribution in [0.3, 0.4) is 0 Å². The van der Waals surface area contributed by atoms with Gasteiger partial charge in [0.25, 0.3) is 21.8 Å². The van der Waals surface area contributed by atoms with Gasteiger partial charge in [0.2, 0.25) is 0 Å². The van der Waals surface area contributed by atoms with Crippen LogP contribution in [-0.2, 0) is 14.8 Å². The maximum absolute atomic E-state index is 12.5. The Bertz CT molecular complexity index is 819. The quantitative estimate of drug-likeness (QED) is 0.665. The van der Waals surface area contributed by atoms with E-state index in [2.05, 4.69) is 5.32 Å². The molecule has 0 bridgehead atoms. The number of carboxylic acid groups (broad SMARTS) is 1. The van der Waals surface area contributed by atoms with Crippen LogP contribution < -0.4 is 5.32 Å². The Labute approximate surface area is 149 Å². The average molecular weight is 386 g/mol. The molecule has 25 heavy (non-hydrogen) atoms. The topological polar surface area (TPSA) is 121 Å². The second-order valence-corrected chi connectivity index (χ2v) is 8.50. The number of thioether (sulfide) groups is 1. The van der Waals surface area contributed by atoms with Gasteiger partial charge >= 0.3 is 5.97 Å². The summed E-state index contributed by atoms with van der Waals surface area (Å²) in [5, 5.41) is 11.1. The van der Waals surface area contributed by atoms with Crippen LogP contribution in [0.15, 0.2) is 23.1 Å². The Balaban J connectivity index is 2.12. The molecule has 0 saturated carbocycles. The van der Waals surface area contributed by atoms with Crippen molar-refractivity contribution in [2.24, 2.45) is 0 Å². The van der Waals surface area contributed by atoms with Crippen LogP contribution in [0, 0.1) is 0 Å². The van der Waals surface area contributed by atoms with E-state index in [1.54, 1.807) is 13.8 Å². The Morgan fingerprint density at radius 2 is 2.00 bits per heavy atom. The zero-order valence-corrected chi connectivity index (χ0v) is 15.3. The van der Waals surface area contributed by atoms with Gasteiger partial charge in [-0.25, -0.2) is 12.7 Å². The Morgan fingerprint density at radius 1 is 1.32 bits per heavy atom. The number of hydrogen-bond acceptors (Lipinski definition) is 6. The average Bonchev–Trinajstić information content (AvgIpc) is 2.72. The largest absolute Gasteiger partial charge is 0.481 e. The molecule has 2 rings (SSSR count). The summed E-state index contributed by atoms with van der Waals surface area (Å²) in [6.45, 7) is 3.45. The van der Waals surface area contributed by atoms with E-state index in [1.165, 1.54) is 18.2 Å². The Kier molecular flexibility index (Phi) is 5.73. The van der Waals surface area contributed by atoms with Crippen molar-refractivity contribution in [3.8, 4) is 0 Å². The minimum atomic E-state index is -3.96. The highest BCUT2D eigenvalue weighted by atomic mass is 32.2. The predicted molar refractivity (Wildman–Crippen MR) is 92.2 cm³/mol. The lowest BCUT2D eigenvalue weighted by molar-refractivity contribution is -0.133. The number of rotatable bonds is 7. The smallest absolute Gasteiger partial charge is 0.313 e. The zero-order valence-electron chi connectivity index (χ0n) is 13.7. The van der Waals surface area contributed by atoms with Gasteiger partial charge in [0, 0.05) is 23.9 Å². The normalized spacial score (nSPS) is 15.3. The van der Waals surface area contributed by atoms with Gasteiger partial charge in [-0.1, -0.05) is 0 Å². The van der Waals surface area contributed by atoms with Crippen molar-refractivity contribution < 1.29 is 27.9 Å². The number of sulfonamides is 1. The highest BCUT2D eigenvalue weighted by molar-refractivity contribution is 7.99. The first-order valence-electron chi connectivity index (χ1n) is 7.47. The Morgan fingerprint density at radius 3 is 2.60 bits per heavy atom. The lowest BCUT2D eigenvalue weighted by Crippen LogP contribution is -2.36. The number of aliphatic carboxylic acids is 1. The van der Waals surface area contributed by atoms with E-state index in [1.807, 2.05) is 0 Å². The van der Waals surface area contributed by atoms with Crippen molar-refractivity contribution in [1.29, 1.82) is 0 Å². The van der Waals surface area contributed by atoms with Crippen LogP contribution in [-0.4, -0.2) is 59.7 Å². The molecule has 2 amide bonds. The fourth-order valence-electron chi connectivity index (χ4n) is 2.40. The Hall–Kier alpha value is -2.07. The highest BCUT2D eigenvalue weighted by Crippen LogP contribution is 2.32. The van der Waals surface area contributed by atoms with Crippen molar-refractivity contribution in [3.05, 3.63) is 29.3 Å². The van der Waals surface area contributed by atoms with Gasteiger partial charge < -0.3 is 10.4 Å². The van der Waals surface area contributed by atoms with Gasteiger partial charge in [0.1, 0.15) is 4.90 Å². The maximum atomic E-state index is 12.5. The van der Waals surface area contributed by atoms with Crippen LogP contribution in [0.2, 0.25) is 0 Å². The van der Waals surface area contributed by atoms with E-state index in [4.69, 9.17) is 5.11 Å². The molecule has 0 aliphatic carbocycles. The van der Waals surface area contributed by atoms with Crippen molar-refractivity contribution >= 4 is 39.6 Å². The van der Waals surface area contributed by atoms with Gasteiger partial charge in [0.05, 0.1) is 11.3 Å². The molecule has 0 aromatic heterocycles. The molecule has 136 valence electrons. The number of benzene rings is 1. The summed E-state index contributed by atoms with van der Waals surface area (Å²) in [6.07, 6.45) is 0. The standard InChI is InChI=1S/C15H18N2O6S2/c1-9(2)17-15(21)11-4-3-10(7-12(11)25(17,22)23)14(20)16-5-6-24-8-13(18)19/h3-4,7,9H,5-6,8H2,1-2H3,(H,16,20)(H,18,19). The maximum Gasteiger partial charge on any atom is 0.313 e. The summed E-state index contributed by atoms with van der Waals surface area (Å²) < 4.78 is 25.8. The van der Waals surface area contributed by atoms with E-state index in [-0.39, 0.29) is 28.3 Å². The van der Waals surface area contributed by atoms with Crippen molar-refractivity contribution in [3.63, 3.8) is 0 Å². The van der Waals surface area contributed by atoms with Crippen molar-refractivity contribution in [1.82, 2.24) is 9.62 Å². The molecular weight excluding hydrogens is 368 g/mol. The van der Waals surface area contributed by atoms with Gasteiger partial charge in [-0.15, -0.1) is 11.8 Å². The second-order valence-electron chi connectivity index (χ2n) is 5.61. The molecule has 0 atom stereocenters. The van der Waals surface area contributed by atoms with Crippen LogP contribution >= 0.6 is 11.8 Å². The first kappa shape index (κ1) is 19.3. The van der Waals surface area contributed by atoms with Crippen LogP contribution in [0.1, 0.15) is 34.6 Å². The SMILES string of the molecule is CC(C)N1C(=O)c2ccc(C(=O)NCCSCC(=O)O)cc2S1(=O)=O. The third-order valence-electron chi connectivity index (χ3n) is 3.44. The minimum Gasteiger partial charge on any atom is -0.481 e. The van der Waals surface area contributed by atoms with Crippen LogP contribution in [0.5, 0.6) is 0 Å². The highest BCUT2D eigenvalue weighted by Gasteiger charge is 2.42. The van der Waals surface area contributed by atoms with Gasteiger partial charge in [-0.2, -0.15) is 0 Å². The number of fused-ring (bicyclic) bond motifs is 1. The fraction of sp³-hybridized carbons (Fsp3) is 0.400. The molecule has 8 nitrogen and oxygen atoms in total. The fourth-order valence-corrected chi connectivity index (χ4v) is 4.76. The van der Waals surface area contributed by atoms with Crippen molar-refractivity contribution in [2.75, 3.05) is 18.1 Å². The molecule has 0 saturated heterocycles. The summed E-state index contributed by atoms with van der Waals surface area (Å²) >= 11 is 1.16. The molecule has 1 aromatic rings. The first-order chi connectivity index (χ1) is 11.7. The summed E-state index contributed by atoms with van der Waals surface area (Å²) in [6, 6.07) is 3.42. The van der Waals surface area contributed by atoms with Gasteiger partial charge in [-0.05, 0) is 32.0 Å². The molecule has 0 radical (unpaired) electrons. The molecule has 0 spiro atoms. The third-order valence-corrected chi connectivity index (χ3v) is 6.38. The minimum absolute atomic E-state index is 0.0554. The number of carbonyl (C=O) groups excluding carboxylic acids is 2. The zero-order chi connectivity index (χ0) is 18.8. The molecule has 0 unspecified atom stereocenters. The monoisotopic (exact) mass is 386 g/mol. The number of carboxylic acids is 1. The number of amides is 2. The summed E-state index contributed by atoms with van der Waals surface area (Å²) in [5.41, 5.74) is 0.186. The molecule has 10 heteroatoms. The van der Waals surface area contributed by atoms with Crippen molar-refractivity contribution in [2.45, 2.75) is 24.8 Å². The van der Waals surface area contributed by atoms with Crippen LogP contribution in [0.4, 0.5) is 0 Å². The summed E-state index contributed by atoms with van der Waals surface area (Å²) in [4.78, 5) is 34.6. The van der Waals surface area contributed by atoms with Crippen LogP contribution in [0.25, 0.3) is 0 Å². The molecule has 1 aromatic carbocycles. The first-order valence-corrected chi connectivity index (χ1v) is 10.1. The second kappa shape index (κ2) is 7.44. The number of nitrogens with one attached hydrogen (secondary N) is 1. The molecule has 2 N–H and O–H groups in total. The van der Waals surface area contributed by atoms with Gasteiger partial charge in [-0.3, -0.25) is 14.4 Å². The lowest BCUT2D eigenvalue weighted by atomic mass is 10.1. The lowest BCUT2D eigenvalue weighted by Gasteiger charge is -2.18. The summed E-state index contributed by atoms with van der Waals surface area (Å²) in [7, 11) is -3.96. The van der Waals surface area contributed by atoms with Gasteiger partial charge in [0.15, 0.2) is 0 Å².